The molecule has 76 valence electrons. The maximum atomic E-state index is 5.84. The lowest BCUT2D eigenvalue weighted by atomic mass is 10.2. The van der Waals surface area contributed by atoms with Crippen LogP contribution < -0.4 is 11.1 Å². The highest BCUT2D eigenvalue weighted by Gasteiger charge is 2.10. The van der Waals surface area contributed by atoms with Gasteiger partial charge in [-0.1, -0.05) is 17.5 Å². The van der Waals surface area contributed by atoms with Crippen LogP contribution in [0, 0.1) is 11.8 Å². The molecule has 2 nitrogen and oxygen atoms in total. The lowest BCUT2D eigenvalue weighted by Gasteiger charge is -2.12. The number of rotatable bonds is 4. The van der Waals surface area contributed by atoms with E-state index in [9.17, 15) is 0 Å². The van der Waals surface area contributed by atoms with E-state index in [2.05, 4.69) is 17.2 Å². The first-order chi connectivity index (χ1) is 6.77. The minimum atomic E-state index is 0.161. The summed E-state index contributed by atoms with van der Waals surface area (Å²) in [5.74, 6) is 5.77. The maximum Gasteiger partial charge on any atom is 0.0931 e. The zero-order chi connectivity index (χ0) is 10.4. The summed E-state index contributed by atoms with van der Waals surface area (Å²) in [4.78, 5) is 1.16. The van der Waals surface area contributed by atoms with E-state index < -0.39 is 0 Å². The molecule has 0 amide bonds. The van der Waals surface area contributed by atoms with E-state index in [0.717, 1.165) is 9.21 Å². The fourth-order valence-corrected chi connectivity index (χ4v) is 2.23. The van der Waals surface area contributed by atoms with Gasteiger partial charge in [-0.3, -0.25) is 5.32 Å². The van der Waals surface area contributed by atoms with Gasteiger partial charge in [-0.2, -0.15) is 0 Å². The van der Waals surface area contributed by atoms with E-state index in [0.29, 0.717) is 13.1 Å². The highest BCUT2D eigenvalue weighted by Crippen LogP contribution is 2.26. The molecular formula is C10H13ClN2S. The Morgan fingerprint density at radius 3 is 2.93 bits per heavy atom. The van der Waals surface area contributed by atoms with Gasteiger partial charge < -0.3 is 5.73 Å². The zero-order valence-electron chi connectivity index (χ0n) is 8.01. The van der Waals surface area contributed by atoms with E-state index in [1.165, 1.54) is 0 Å². The minimum absolute atomic E-state index is 0.161. The average Bonchev–Trinajstić information content (AvgIpc) is 2.60. The molecule has 0 fully saturated rings. The quantitative estimate of drug-likeness (QED) is 0.774. The Hall–Kier alpha value is -0.530. The molecule has 3 N–H and O–H groups in total. The van der Waals surface area contributed by atoms with Gasteiger partial charge in [0.15, 0.2) is 0 Å². The van der Waals surface area contributed by atoms with Gasteiger partial charge in [-0.15, -0.1) is 17.3 Å². The van der Waals surface area contributed by atoms with Gasteiger partial charge in [0.2, 0.25) is 0 Å². The van der Waals surface area contributed by atoms with E-state index in [1.54, 1.807) is 11.3 Å². The summed E-state index contributed by atoms with van der Waals surface area (Å²) in [6, 6.07) is 4.04. The van der Waals surface area contributed by atoms with Crippen molar-refractivity contribution in [3.63, 3.8) is 0 Å². The van der Waals surface area contributed by atoms with Crippen LogP contribution in [0.1, 0.15) is 17.8 Å². The molecule has 0 bridgehead atoms. The first-order valence-electron chi connectivity index (χ1n) is 4.36. The Bertz CT molecular complexity index is 337. The van der Waals surface area contributed by atoms with Crippen molar-refractivity contribution >= 4 is 22.9 Å². The van der Waals surface area contributed by atoms with Crippen molar-refractivity contribution in [2.24, 2.45) is 5.73 Å². The van der Waals surface area contributed by atoms with E-state index >= 15 is 0 Å². The number of thiophene rings is 1. The summed E-state index contributed by atoms with van der Waals surface area (Å²) in [5.41, 5.74) is 5.65. The van der Waals surface area contributed by atoms with Crippen LogP contribution in [0.25, 0.3) is 0 Å². The first-order valence-corrected chi connectivity index (χ1v) is 5.55. The second kappa shape index (κ2) is 6.05. The Morgan fingerprint density at radius 2 is 2.43 bits per heavy atom. The van der Waals surface area contributed by atoms with Crippen molar-refractivity contribution in [3.8, 4) is 11.8 Å². The van der Waals surface area contributed by atoms with Crippen molar-refractivity contribution in [1.29, 1.82) is 0 Å². The predicted octanol–water partition coefficient (Wildman–Crippen LogP) is 2.01. The van der Waals surface area contributed by atoms with Crippen LogP contribution in [0.5, 0.6) is 0 Å². The van der Waals surface area contributed by atoms with Crippen molar-refractivity contribution in [2.75, 3.05) is 13.1 Å². The molecule has 0 aromatic carbocycles. The van der Waals surface area contributed by atoms with Crippen LogP contribution in [0.3, 0.4) is 0 Å². The third kappa shape index (κ3) is 3.32. The van der Waals surface area contributed by atoms with E-state index in [1.807, 2.05) is 19.1 Å². The second-order valence-corrected chi connectivity index (χ2v) is 4.48. The zero-order valence-corrected chi connectivity index (χ0v) is 9.58. The van der Waals surface area contributed by atoms with Crippen LogP contribution in [-0.2, 0) is 0 Å². The molecule has 0 saturated carbocycles. The van der Waals surface area contributed by atoms with Crippen molar-refractivity contribution < 1.29 is 0 Å². The summed E-state index contributed by atoms with van der Waals surface area (Å²) in [6.45, 7) is 3.04. The highest BCUT2D eigenvalue weighted by atomic mass is 35.5. The Balaban J connectivity index is 2.56. The molecule has 0 spiro atoms. The number of halogens is 1. The van der Waals surface area contributed by atoms with Gasteiger partial charge in [0.1, 0.15) is 0 Å². The molecule has 4 heteroatoms. The van der Waals surface area contributed by atoms with Gasteiger partial charge in [-0.25, -0.2) is 0 Å². The van der Waals surface area contributed by atoms with Crippen LogP contribution >= 0.6 is 22.9 Å². The third-order valence-electron chi connectivity index (χ3n) is 1.79. The lowest BCUT2D eigenvalue weighted by Crippen LogP contribution is -2.27. The number of nitrogens with one attached hydrogen (secondary N) is 1. The lowest BCUT2D eigenvalue weighted by molar-refractivity contribution is 0.591. The SMILES string of the molecule is CC#CCNC(CN)c1ccc(Cl)s1. The first kappa shape index (κ1) is 11.5. The van der Waals surface area contributed by atoms with Crippen LogP contribution in [0.4, 0.5) is 0 Å². The summed E-state index contributed by atoms with van der Waals surface area (Å²) in [6.07, 6.45) is 0. The van der Waals surface area contributed by atoms with Crippen molar-refractivity contribution in [3.05, 3.63) is 21.3 Å². The topological polar surface area (TPSA) is 38.0 Å². The van der Waals surface area contributed by atoms with Crippen molar-refractivity contribution in [2.45, 2.75) is 13.0 Å². The van der Waals surface area contributed by atoms with E-state index in [-0.39, 0.29) is 6.04 Å². The number of hydrogen-bond donors (Lipinski definition) is 2. The molecule has 14 heavy (non-hydrogen) atoms. The molecule has 1 aromatic heterocycles. The van der Waals surface area contributed by atoms with Gasteiger partial charge in [0, 0.05) is 11.4 Å². The average molecular weight is 229 g/mol. The van der Waals surface area contributed by atoms with Gasteiger partial charge in [0.05, 0.1) is 16.9 Å². The normalized spacial score (nSPS) is 11.9. The number of hydrogen-bond acceptors (Lipinski definition) is 3. The highest BCUT2D eigenvalue weighted by molar-refractivity contribution is 7.16. The second-order valence-electron chi connectivity index (χ2n) is 2.74. The van der Waals surface area contributed by atoms with Crippen molar-refractivity contribution in [1.82, 2.24) is 5.32 Å². The summed E-state index contributed by atoms with van der Waals surface area (Å²) >= 11 is 7.40. The maximum absolute atomic E-state index is 5.84. The Morgan fingerprint density at radius 1 is 1.64 bits per heavy atom. The smallest absolute Gasteiger partial charge is 0.0931 e. The summed E-state index contributed by atoms with van der Waals surface area (Å²) in [5, 5.41) is 3.25. The third-order valence-corrected chi connectivity index (χ3v) is 3.13. The molecule has 0 radical (unpaired) electrons. The molecule has 1 rings (SSSR count). The van der Waals surface area contributed by atoms with Crippen LogP contribution in [0.15, 0.2) is 12.1 Å². The molecular weight excluding hydrogens is 216 g/mol. The Kier molecular flexibility index (Phi) is 4.99. The van der Waals surface area contributed by atoms with E-state index in [4.69, 9.17) is 17.3 Å². The minimum Gasteiger partial charge on any atom is -0.329 e. The molecule has 1 atom stereocenters. The summed E-state index contributed by atoms with van der Waals surface area (Å²) < 4.78 is 0.793. The van der Waals surface area contributed by atoms with Gasteiger partial charge >= 0.3 is 0 Å². The summed E-state index contributed by atoms with van der Waals surface area (Å²) in [7, 11) is 0. The molecule has 1 aromatic rings. The fourth-order valence-electron chi connectivity index (χ4n) is 1.08. The van der Waals surface area contributed by atoms with Crippen LogP contribution in [-0.4, -0.2) is 13.1 Å². The fraction of sp³-hybridized carbons (Fsp3) is 0.400. The Labute approximate surface area is 93.5 Å². The molecule has 0 aliphatic carbocycles. The molecule has 1 heterocycles. The molecule has 0 saturated heterocycles. The van der Waals surface area contributed by atoms with Gasteiger partial charge in [0.25, 0.3) is 0 Å². The van der Waals surface area contributed by atoms with Gasteiger partial charge in [-0.05, 0) is 19.1 Å². The molecule has 1 unspecified atom stereocenters. The standard InChI is InChI=1S/C10H13ClN2S/c1-2-3-6-13-8(7-12)9-4-5-10(11)14-9/h4-5,8,13H,6-7,12H2,1H3. The number of nitrogens with two attached hydrogens (primary N) is 1. The van der Waals surface area contributed by atoms with Crippen LogP contribution in [0.2, 0.25) is 4.34 Å². The monoisotopic (exact) mass is 228 g/mol. The molecule has 0 aliphatic rings. The molecule has 0 aliphatic heterocycles. The predicted molar refractivity (Wildman–Crippen MR) is 62.6 cm³/mol. The largest absolute Gasteiger partial charge is 0.329 e.